The molecule has 2 fully saturated rings. The van der Waals surface area contributed by atoms with E-state index in [-0.39, 0.29) is 17.9 Å². The molecule has 3 aromatic rings. The van der Waals surface area contributed by atoms with E-state index in [0.717, 1.165) is 17.1 Å². The molecule has 0 spiro atoms. The first-order valence-electron chi connectivity index (χ1n) is 13.7. The fourth-order valence-electron chi connectivity index (χ4n) is 5.40. The fourth-order valence-corrected chi connectivity index (χ4v) is 5.80. The first-order valence-corrected chi connectivity index (χ1v) is 14.5. The second-order valence-corrected chi connectivity index (χ2v) is 12.2. The van der Waals surface area contributed by atoms with Crippen LogP contribution in [0.5, 0.6) is 0 Å². The summed E-state index contributed by atoms with van der Waals surface area (Å²) in [7, 11) is 0. The molecule has 2 aromatic carbocycles. The number of likely N-dealkylation sites (tertiary alicyclic amines) is 1. The second kappa shape index (κ2) is 11.7. The zero-order valence-corrected chi connectivity index (χ0v) is 24.7. The molecule has 8 nitrogen and oxygen atoms in total. The van der Waals surface area contributed by atoms with Gasteiger partial charge >= 0.3 is 6.09 Å². The van der Waals surface area contributed by atoms with Crippen LogP contribution in [0.3, 0.4) is 0 Å². The Balaban J connectivity index is 1.37. The number of ether oxygens (including phenoxy) is 1. The number of nitrogens with zero attached hydrogens (tertiary/aromatic N) is 5. The van der Waals surface area contributed by atoms with Gasteiger partial charge in [-0.1, -0.05) is 41.4 Å². The first-order chi connectivity index (χ1) is 19.1. The summed E-state index contributed by atoms with van der Waals surface area (Å²) in [5, 5.41) is 5.93. The van der Waals surface area contributed by atoms with Crippen LogP contribution in [0.4, 0.5) is 10.5 Å². The van der Waals surface area contributed by atoms with Crippen LogP contribution in [0.15, 0.2) is 54.7 Å². The summed E-state index contributed by atoms with van der Waals surface area (Å²) in [5.41, 5.74) is 2.68. The maximum atomic E-state index is 13.9. The Hall–Kier alpha value is -3.23. The number of piperidine rings is 1. The predicted molar refractivity (Wildman–Crippen MR) is 158 cm³/mol. The molecule has 0 radical (unpaired) electrons. The molecule has 10 heteroatoms. The van der Waals surface area contributed by atoms with Gasteiger partial charge in [0.05, 0.1) is 28.2 Å². The van der Waals surface area contributed by atoms with Crippen LogP contribution >= 0.6 is 23.2 Å². The van der Waals surface area contributed by atoms with Crippen molar-refractivity contribution in [2.75, 3.05) is 44.2 Å². The van der Waals surface area contributed by atoms with Gasteiger partial charge in [0.2, 0.25) is 0 Å². The normalized spacial score (nSPS) is 16.8. The zero-order valence-electron chi connectivity index (χ0n) is 23.1. The summed E-state index contributed by atoms with van der Waals surface area (Å²) in [4.78, 5) is 32.5. The van der Waals surface area contributed by atoms with Crippen LogP contribution in [0.1, 0.15) is 55.6 Å². The minimum absolute atomic E-state index is 0.0316. The van der Waals surface area contributed by atoms with E-state index in [1.165, 1.54) is 0 Å². The van der Waals surface area contributed by atoms with Crippen molar-refractivity contribution >= 4 is 40.9 Å². The number of benzene rings is 2. The smallest absolute Gasteiger partial charge is 0.410 e. The Kier molecular flexibility index (Phi) is 8.29. The third-order valence-electron chi connectivity index (χ3n) is 7.39. The summed E-state index contributed by atoms with van der Waals surface area (Å²) in [6.07, 6.45) is 2.75. The Bertz CT molecular complexity index is 1370. The van der Waals surface area contributed by atoms with Crippen LogP contribution in [0.25, 0.3) is 5.69 Å². The summed E-state index contributed by atoms with van der Waals surface area (Å²) >= 11 is 12.8. The lowest BCUT2D eigenvalue weighted by atomic mass is 9.90. The number of carbonyl (C=O) groups is 2. The Morgan fingerprint density at radius 1 is 0.900 bits per heavy atom. The van der Waals surface area contributed by atoms with Gasteiger partial charge in [0.15, 0.2) is 0 Å². The molecular formula is C30H35Cl2N5O3. The molecule has 2 amide bonds. The number of hydrogen-bond acceptors (Lipinski definition) is 5. The molecule has 212 valence electrons. The summed E-state index contributed by atoms with van der Waals surface area (Å²) in [6, 6.07) is 15.3. The van der Waals surface area contributed by atoms with Gasteiger partial charge in [0.1, 0.15) is 5.60 Å². The minimum atomic E-state index is -0.549. The second-order valence-electron chi connectivity index (χ2n) is 11.3. The lowest BCUT2D eigenvalue weighted by molar-refractivity contribution is 0.0203. The van der Waals surface area contributed by atoms with Gasteiger partial charge in [0, 0.05) is 55.9 Å². The van der Waals surface area contributed by atoms with Crippen molar-refractivity contribution in [3.05, 3.63) is 76.0 Å². The van der Waals surface area contributed by atoms with E-state index in [9.17, 15) is 9.59 Å². The van der Waals surface area contributed by atoms with Crippen LogP contribution in [-0.4, -0.2) is 76.5 Å². The van der Waals surface area contributed by atoms with E-state index >= 15 is 0 Å². The maximum Gasteiger partial charge on any atom is 0.410 e. The zero-order chi connectivity index (χ0) is 28.4. The molecule has 1 aromatic heterocycles. The molecule has 0 atom stereocenters. The highest BCUT2D eigenvalue weighted by Crippen LogP contribution is 2.35. The highest BCUT2D eigenvalue weighted by atomic mass is 35.5. The van der Waals surface area contributed by atoms with Crippen molar-refractivity contribution in [1.82, 2.24) is 19.6 Å². The molecule has 0 saturated carbocycles. The number of aromatic nitrogens is 2. The first kappa shape index (κ1) is 28.3. The van der Waals surface area contributed by atoms with Crippen molar-refractivity contribution in [3.63, 3.8) is 0 Å². The third kappa shape index (κ3) is 6.23. The van der Waals surface area contributed by atoms with Crippen molar-refractivity contribution in [2.45, 2.75) is 45.1 Å². The molecule has 5 rings (SSSR count). The average Bonchev–Trinajstić information content (AvgIpc) is 3.37. The van der Waals surface area contributed by atoms with Crippen LogP contribution in [0.2, 0.25) is 10.0 Å². The van der Waals surface area contributed by atoms with E-state index in [4.69, 9.17) is 27.9 Å². The van der Waals surface area contributed by atoms with Crippen molar-refractivity contribution < 1.29 is 14.3 Å². The van der Waals surface area contributed by atoms with E-state index in [1.54, 1.807) is 11.1 Å². The molecule has 2 aliphatic rings. The number of piperazine rings is 1. The lowest BCUT2D eigenvalue weighted by Crippen LogP contribution is -2.49. The van der Waals surface area contributed by atoms with Crippen molar-refractivity contribution in [1.29, 1.82) is 0 Å². The number of rotatable bonds is 4. The molecule has 0 bridgehead atoms. The number of para-hydroxylation sites is 1. The van der Waals surface area contributed by atoms with Gasteiger partial charge in [-0.3, -0.25) is 4.79 Å². The van der Waals surface area contributed by atoms with E-state index in [2.05, 4.69) is 10.00 Å². The largest absolute Gasteiger partial charge is 0.444 e. The van der Waals surface area contributed by atoms with Crippen LogP contribution in [-0.2, 0) is 4.74 Å². The molecular weight excluding hydrogens is 549 g/mol. The topological polar surface area (TPSA) is 70.9 Å². The Labute approximate surface area is 245 Å². The number of amides is 2. The van der Waals surface area contributed by atoms with Gasteiger partial charge < -0.3 is 19.4 Å². The van der Waals surface area contributed by atoms with Gasteiger partial charge in [-0.2, -0.15) is 5.10 Å². The SMILES string of the molecule is CC(C)(C)OC(=O)N1CCC(c2c(C(=O)N3CCN(c4cccc(Cl)c4)CC3)cnn2-c2ccccc2Cl)CC1. The van der Waals surface area contributed by atoms with Gasteiger partial charge in [0.25, 0.3) is 5.91 Å². The van der Waals surface area contributed by atoms with Gasteiger partial charge in [-0.15, -0.1) is 0 Å². The molecule has 0 aliphatic carbocycles. The molecule has 0 unspecified atom stereocenters. The van der Waals surface area contributed by atoms with Gasteiger partial charge in [-0.05, 0) is 63.9 Å². The third-order valence-corrected chi connectivity index (χ3v) is 7.95. The Morgan fingerprint density at radius 2 is 1.60 bits per heavy atom. The highest BCUT2D eigenvalue weighted by molar-refractivity contribution is 6.32. The van der Waals surface area contributed by atoms with Crippen LogP contribution < -0.4 is 4.90 Å². The van der Waals surface area contributed by atoms with Gasteiger partial charge in [-0.25, -0.2) is 9.48 Å². The predicted octanol–water partition coefficient (Wildman–Crippen LogP) is 6.26. The molecule has 0 N–H and O–H groups in total. The summed E-state index contributed by atoms with van der Waals surface area (Å²) < 4.78 is 7.39. The van der Waals surface area contributed by atoms with E-state index < -0.39 is 5.60 Å². The van der Waals surface area contributed by atoms with Crippen LogP contribution in [0, 0.1) is 0 Å². The number of hydrogen-bond donors (Lipinski definition) is 0. The molecule has 3 heterocycles. The number of anilines is 1. The van der Waals surface area contributed by atoms with Crippen molar-refractivity contribution in [2.24, 2.45) is 0 Å². The quantitative estimate of drug-likeness (QED) is 0.362. The average molecular weight is 585 g/mol. The molecule has 2 aliphatic heterocycles. The lowest BCUT2D eigenvalue weighted by Gasteiger charge is -2.37. The summed E-state index contributed by atoms with van der Waals surface area (Å²) in [6.45, 7) is 9.31. The molecule has 2 saturated heterocycles. The number of halogens is 2. The summed E-state index contributed by atoms with van der Waals surface area (Å²) in [5.74, 6) is -0.00206. The monoisotopic (exact) mass is 583 g/mol. The maximum absolute atomic E-state index is 13.9. The highest BCUT2D eigenvalue weighted by Gasteiger charge is 2.34. The standard InChI is InChI=1S/C30H35Cl2N5O3/c1-30(2,3)40-29(39)36-13-11-21(12-14-36)27-24(20-33-37(27)26-10-5-4-9-25(26)32)28(38)35-17-15-34(16-18-35)23-8-6-7-22(31)19-23/h4-10,19-21H,11-18H2,1-3H3. The number of carbonyl (C=O) groups excluding carboxylic acids is 2. The van der Waals surface area contributed by atoms with E-state index in [1.807, 2.05) is 78.9 Å². The van der Waals surface area contributed by atoms with Crippen molar-refractivity contribution in [3.8, 4) is 5.69 Å². The fraction of sp³-hybridized carbons (Fsp3) is 0.433. The molecule has 40 heavy (non-hydrogen) atoms. The van der Waals surface area contributed by atoms with E-state index in [0.29, 0.717) is 67.7 Å². The Morgan fingerprint density at radius 3 is 2.25 bits per heavy atom. The minimum Gasteiger partial charge on any atom is -0.444 e.